The molecule has 0 heterocycles. The largest absolute Gasteiger partial charge is 0.309 e. The average molecular weight is 307 g/mol. The Morgan fingerprint density at radius 2 is 1.86 bits per heavy atom. The van der Waals surface area contributed by atoms with E-state index in [4.69, 9.17) is 0 Å². The molecular formula is C19H30FNO. The summed E-state index contributed by atoms with van der Waals surface area (Å²) < 4.78 is 13.6. The van der Waals surface area contributed by atoms with Gasteiger partial charge in [0.05, 0.1) is 0 Å². The highest BCUT2D eigenvalue weighted by molar-refractivity contribution is 5.95. The zero-order chi connectivity index (χ0) is 17.1. The van der Waals surface area contributed by atoms with Crippen molar-refractivity contribution in [2.75, 3.05) is 4.90 Å². The monoisotopic (exact) mass is 307 g/mol. The van der Waals surface area contributed by atoms with Crippen LogP contribution in [0.25, 0.3) is 0 Å². The third-order valence-corrected chi connectivity index (χ3v) is 4.47. The Morgan fingerprint density at radius 1 is 1.27 bits per heavy atom. The summed E-state index contributed by atoms with van der Waals surface area (Å²) in [6, 6.07) is 5.04. The molecule has 0 saturated heterocycles. The van der Waals surface area contributed by atoms with E-state index >= 15 is 0 Å². The molecule has 1 aromatic carbocycles. The lowest BCUT2D eigenvalue weighted by molar-refractivity contribution is -0.125. The number of hydrogen-bond donors (Lipinski definition) is 0. The molecule has 2 unspecified atom stereocenters. The van der Waals surface area contributed by atoms with Crippen molar-refractivity contribution in [3.8, 4) is 0 Å². The Labute approximate surface area is 134 Å². The molecule has 0 N–H and O–H groups in total. The average Bonchev–Trinajstić information content (AvgIpc) is 2.41. The first kappa shape index (κ1) is 18.7. The van der Waals surface area contributed by atoms with Gasteiger partial charge in [0.15, 0.2) is 0 Å². The molecule has 0 radical (unpaired) electrons. The highest BCUT2D eigenvalue weighted by atomic mass is 19.1. The van der Waals surface area contributed by atoms with Crippen molar-refractivity contribution in [2.24, 2.45) is 11.3 Å². The van der Waals surface area contributed by atoms with Crippen LogP contribution in [-0.4, -0.2) is 11.9 Å². The highest BCUT2D eigenvalue weighted by Gasteiger charge is 2.33. The van der Waals surface area contributed by atoms with Gasteiger partial charge in [-0.05, 0) is 49.4 Å². The van der Waals surface area contributed by atoms with E-state index in [0.717, 1.165) is 18.5 Å². The molecule has 0 spiro atoms. The number of benzene rings is 1. The molecule has 1 rings (SSSR count). The number of nitrogens with zero attached hydrogens (tertiary/aromatic N) is 1. The van der Waals surface area contributed by atoms with Crippen LogP contribution < -0.4 is 4.90 Å². The number of carbonyl (C=O) groups excluding carboxylic acids is 1. The van der Waals surface area contributed by atoms with Gasteiger partial charge in [-0.25, -0.2) is 4.39 Å². The standard InChI is InChI=1S/C19H30FNO/c1-8-9-14(3)21(18(22)15(4)19(5,6)7)16-10-11-17(20)13(2)12-16/h10-12,14-15H,8-9H2,1-7H3. The fourth-order valence-electron chi connectivity index (χ4n) is 2.50. The summed E-state index contributed by atoms with van der Waals surface area (Å²) >= 11 is 0. The fourth-order valence-corrected chi connectivity index (χ4v) is 2.50. The smallest absolute Gasteiger partial charge is 0.230 e. The van der Waals surface area contributed by atoms with Crippen molar-refractivity contribution in [1.29, 1.82) is 0 Å². The number of amides is 1. The molecule has 0 saturated carbocycles. The second-order valence-corrected chi connectivity index (χ2v) is 7.37. The summed E-state index contributed by atoms with van der Waals surface area (Å²) in [4.78, 5) is 14.9. The Kier molecular flexibility index (Phi) is 6.16. The first-order valence-electron chi connectivity index (χ1n) is 8.18. The number of aryl methyl sites for hydroxylation is 1. The Balaban J connectivity index is 3.23. The van der Waals surface area contributed by atoms with E-state index in [-0.39, 0.29) is 29.1 Å². The van der Waals surface area contributed by atoms with Crippen molar-refractivity contribution in [2.45, 2.75) is 67.3 Å². The van der Waals surface area contributed by atoms with Gasteiger partial charge in [0.25, 0.3) is 0 Å². The lowest BCUT2D eigenvalue weighted by Crippen LogP contribution is -2.45. The molecule has 124 valence electrons. The minimum Gasteiger partial charge on any atom is -0.309 e. The van der Waals surface area contributed by atoms with Crippen LogP contribution in [-0.2, 0) is 4.79 Å². The van der Waals surface area contributed by atoms with Crippen LogP contribution in [0.3, 0.4) is 0 Å². The molecule has 2 nitrogen and oxygen atoms in total. The lowest BCUT2D eigenvalue weighted by Gasteiger charge is -2.36. The Morgan fingerprint density at radius 3 is 2.32 bits per heavy atom. The number of halogens is 1. The maximum Gasteiger partial charge on any atom is 0.230 e. The first-order chi connectivity index (χ1) is 10.1. The summed E-state index contributed by atoms with van der Waals surface area (Å²) in [6.45, 7) is 14.1. The van der Waals surface area contributed by atoms with E-state index in [1.54, 1.807) is 19.1 Å². The summed E-state index contributed by atoms with van der Waals surface area (Å²) in [5, 5.41) is 0. The summed E-state index contributed by atoms with van der Waals surface area (Å²) in [5.74, 6) is -0.222. The van der Waals surface area contributed by atoms with Gasteiger partial charge in [-0.2, -0.15) is 0 Å². The van der Waals surface area contributed by atoms with Crippen LogP contribution in [0.15, 0.2) is 18.2 Å². The van der Waals surface area contributed by atoms with E-state index in [1.165, 1.54) is 6.07 Å². The summed E-state index contributed by atoms with van der Waals surface area (Å²) in [5.41, 5.74) is 1.26. The van der Waals surface area contributed by atoms with Crippen LogP contribution in [0.2, 0.25) is 0 Å². The summed E-state index contributed by atoms with van der Waals surface area (Å²) in [7, 11) is 0. The predicted octanol–water partition coefficient (Wildman–Crippen LogP) is 5.34. The second-order valence-electron chi connectivity index (χ2n) is 7.37. The Bertz CT molecular complexity index is 519. The van der Waals surface area contributed by atoms with Crippen LogP contribution in [0.4, 0.5) is 10.1 Å². The van der Waals surface area contributed by atoms with Crippen LogP contribution in [0, 0.1) is 24.1 Å². The molecule has 22 heavy (non-hydrogen) atoms. The highest BCUT2D eigenvalue weighted by Crippen LogP contribution is 2.31. The molecule has 0 fully saturated rings. The van der Waals surface area contributed by atoms with Crippen LogP contribution in [0.5, 0.6) is 0 Å². The van der Waals surface area contributed by atoms with Crippen molar-refractivity contribution >= 4 is 11.6 Å². The first-order valence-corrected chi connectivity index (χ1v) is 8.18. The van der Waals surface area contributed by atoms with E-state index in [9.17, 15) is 9.18 Å². The van der Waals surface area contributed by atoms with Crippen LogP contribution >= 0.6 is 0 Å². The SMILES string of the molecule is CCCC(C)N(C(=O)C(C)C(C)(C)C)c1ccc(F)c(C)c1. The molecule has 0 bridgehead atoms. The van der Waals surface area contributed by atoms with Gasteiger partial charge in [0.1, 0.15) is 5.82 Å². The predicted molar refractivity (Wildman–Crippen MR) is 91.6 cm³/mol. The third kappa shape index (κ3) is 4.31. The topological polar surface area (TPSA) is 20.3 Å². The molecule has 0 aromatic heterocycles. The van der Waals surface area contributed by atoms with Gasteiger partial charge in [0, 0.05) is 17.6 Å². The molecule has 1 amide bonds. The number of rotatable bonds is 5. The molecule has 3 heteroatoms. The third-order valence-electron chi connectivity index (χ3n) is 4.47. The van der Waals surface area contributed by atoms with Crippen molar-refractivity contribution in [3.05, 3.63) is 29.6 Å². The molecule has 1 aromatic rings. The van der Waals surface area contributed by atoms with Gasteiger partial charge in [-0.15, -0.1) is 0 Å². The second kappa shape index (κ2) is 7.26. The van der Waals surface area contributed by atoms with Gasteiger partial charge in [-0.3, -0.25) is 4.79 Å². The van der Waals surface area contributed by atoms with Crippen LogP contribution in [0.1, 0.15) is 59.9 Å². The fraction of sp³-hybridized carbons (Fsp3) is 0.632. The quantitative estimate of drug-likeness (QED) is 0.719. The lowest BCUT2D eigenvalue weighted by atomic mass is 9.81. The van der Waals surface area contributed by atoms with Gasteiger partial charge in [-0.1, -0.05) is 41.0 Å². The zero-order valence-electron chi connectivity index (χ0n) is 15.0. The van der Waals surface area contributed by atoms with E-state index in [0.29, 0.717) is 5.56 Å². The normalized spacial score (nSPS) is 14.5. The Hall–Kier alpha value is -1.38. The van der Waals surface area contributed by atoms with E-state index < -0.39 is 0 Å². The zero-order valence-corrected chi connectivity index (χ0v) is 15.0. The molecule has 0 aliphatic heterocycles. The van der Waals surface area contributed by atoms with Gasteiger partial charge >= 0.3 is 0 Å². The number of carbonyl (C=O) groups is 1. The molecular weight excluding hydrogens is 277 g/mol. The number of hydrogen-bond acceptors (Lipinski definition) is 1. The van der Waals surface area contributed by atoms with E-state index in [2.05, 4.69) is 34.6 Å². The van der Waals surface area contributed by atoms with Crippen molar-refractivity contribution < 1.29 is 9.18 Å². The minimum atomic E-state index is -0.233. The van der Waals surface area contributed by atoms with Crippen molar-refractivity contribution in [3.63, 3.8) is 0 Å². The maximum absolute atomic E-state index is 13.6. The van der Waals surface area contributed by atoms with Gasteiger partial charge in [0.2, 0.25) is 5.91 Å². The van der Waals surface area contributed by atoms with Gasteiger partial charge < -0.3 is 4.90 Å². The number of anilines is 1. The molecule has 0 aliphatic carbocycles. The summed E-state index contributed by atoms with van der Waals surface area (Å²) in [6.07, 6.45) is 1.94. The maximum atomic E-state index is 13.6. The molecule has 0 aliphatic rings. The van der Waals surface area contributed by atoms with E-state index in [1.807, 2.05) is 11.8 Å². The minimum absolute atomic E-state index is 0.0998. The molecule has 2 atom stereocenters. The van der Waals surface area contributed by atoms with Crippen molar-refractivity contribution in [1.82, 2.24) is 0 Å².